The van der Waals surface area contributed by atoms with Gasteiger partial charge in [0.2, 0.25) is 5.95 Å². The maximum absolute atomic E-state index is 4.56. The number of piperidine rings is 1. The predicted octanol–water partition coefficient (Wildman–Crippen LogP) is 3.24. The molecule has 5 heteroatoms. The van der Waals surface area contributed by atoms with Crippen LogP contribution in [0, 0.1) is 13.8 Å². The normalized spacial score (nSPS) is 16.0. The molecule has 0 unspecified atom stereocenters. The lowest BCUT2D eigenvalue weighted by atomic mass is 10.0. The third kappa shape index (κ3) is 4.69. The monoisotopic (exact) mass is 339 g/mol. The minimum atomic E-state index is 0.486. The number of nitrogens with zero attached hydrogens (tertiary/aromatic N) is 4. The van der Waals surface area contributed by atoms with Crippen LogP contribution in [0.4, 0.5) is 11.8 Å². The van der Waals surface area contributed by atoms with E-state index in [1.807, 2.05) is 31.3 Å². The average Bonchev–Trinajstić information content (AvgIpc) is 2.60. The maximum atomic E-state index is 4.56. The molecule has 1 fully saturated rings. The number of rotatable bonds is 5. The molecule has 1 aromatic carbocycles. The molecule has 1 aliphatic rings. The van der Waals surface area contributed by atoms with E-state index in [2.05, 4.69) is 52.2 Å². The van der Waals surface area contributed by atoms with Crippen molar-refractivity contribution in [3.8, 4) is 0 Å². The van der Waals surface area contributed by atoms with Crippen molar-refractivity contribution < 1.29 is 0 Å². The Balaban J connectivity index is 1.53. The molecule has 5 nitrogen and oxygen atoms in total. The number of aryl methyl sites for hydroxylation is 2. The molecule has 3 rings (SSSR count). The minimum absolute atomic E-state index is 0.486. The summed E-state index contributed by atoms with van der Waals surface area (Å²) >= 11 is 0. The first-order valence-corrected chi connectivity index (χ1v) is 9.06. The van der Waals surface area contributed by atoms with Crippen LogP contribution in [0.15, 0.2) is 30.5 Å². The molecular formula is C20H29N5. The Morgan fingerprint density at radius 3 is 2.64 bits per heavy atom. The zero-order chi connectivity index (χ0) is 17.8. The molecular weight excluding hydrogens is 310 g/mol. The topological polar surface area (TPSA) is 44.3 Å². The van der Waals surface area contributed by atoms with Gasteiger partial charge in [-0.1, -0.05) is 23.8 Å². The fourth-order valence-corrected chi connectivity index (χ4v) is 3.30. The van der Waals surface area contributed by atoms with Gasteiger partial charge in [-0.2, -0.15) is 4.98 Å². The number of likely N-dealkylation sites (tertiary alicyclic amines) is 1. The smallest absolute Gasteiger partial charge is 0.226 e. The first kappa shape index (κ1) is 17.7. The van der Waals surface area contributed by atoms with Crippen molar-refractivity contribution in [2.45, 2.75) is 39.3 Å². The standard InChI is InChI=1S/C20H29N5/c1-15-5-6-16(2)17(13-15)14-25-11-8-18(9-12-25)22-19-7-10-21-20(23-19)24(3)4/h5-7,10,13,18H,8-9,11-12,14H2,1-4H3,(H,21,22,23). The largest absolute Gasteiger partial charge is 0.367 e. The van der Waals surface area contributed by atoms with Gasteiger partial charge < -0.3 is 10.2 Å². The second-order valence-corrected chi connectivity index (χ2v) is 7.26. The number of aromatic nitrogens is 2. The summed E-state index contributed by atoms with van der Waals surface area (Å²) in [7, 11) is 3.93. The second kappa shape index (κ2) is 7.83. The van der Waals surface area contributed by atoms with Crippen LogP contribution in [0.2, 0.25) is 0 Å². The molecule has 1 aromatic heterocycles. The fourth-order valence-electron chi connectivity index (χ4n) is 3.30. The zero-order valence-corrected chi connectivity index (χ0v) is 15.8. The van der Waals surface area contributed by atoms with E-state index in [0.29, 0.717) is 6.04 Å². The Morgan fingerprint density at radius 2 is 1.92 bits per heavy atom. The number of anilines is 2. The predicted molar refractivity (Wildman–Crippen MR) is 104 cm³/mol. The molecule has 1 saturated heterocycles. The van der Waals surface area contributed by atoms with E-state index < -0.39 is 0 Å². The molecule has 0 amide bonds. The Bertz CT molecular complexity index is 705. The molecule has 0 spiro atoms. The van der Waals surface area contributed by atoms with E-state index in [1.54, 1.807) is 0 Å². The Morgan fingerprint density at radius 1 is 1.16 bits per heavy atom. The number of benzene rings is 1. The highest BCUT2D eigenvalue weighted by Crippen LogP contribution is 2.20. The average molecular weight is 339 g/mol. The van der Waals surface area contributed by atoms with Gasteiger partial charge >= 0.3 is 0 Å². The summed E-state index contributed by atoms with van der Waals surface area (Å²) in [4.78, 5) is 13.3. The van der Waals surface area contributed by atoms with Crippen molar-refractivity contribution in [3.63, 3.8) is 0 Å². The molecule has 1 N–H and O–H groups in total. The van der Waals surface area contributed by atoms with E-state index in [9.17, 15) is 0 Å². The van der Waals surface area contributed by atoms with Crippen molar-refractivity contribution in [2.24, 2.45) is 0 Å². The quantitative estimate of drug-likeness (QED) is 0.906. The molecule has 1 aliphatic heterocycles. The van der Waals surface area contributed by atoms with Crippen molar-refractivity contribution in [1.82, 2.24) is 14.9 Å². The SMILES string of the molecule is Cc1ccc(C)c(CN2CCC(Nc3ccnc(N(C)C)n3)CC2)c1. The lowest BCUT2D eigenvalue weighted by Crippen LogP contribution is -2.39. The van der Waals surface area contributed by atoms with Crippen molar-refractivity contribution >= 4 is 11.8 Å². The number of nitrogens with one attached hydrogen (secondary N) is 1. The highest BCUT2D eigenvalue weighted by atomic mass is 15.2. The molecule has 2 aromatic rings. The van der Waals surface area contributed by atoms with Gasteiger partial charge in [-0.05, 0) is 43.9 Å². The van der Waals surface area contributed by atoms with E-state index >= 15 is 0 Å². The lowest BCUT2D eigenvalue weighted by Gasteiger charge is -2.33. The van der Waals surface area contributed by atoms with E-state index in [0.717, 1.165) is 44.2 Å². The van der Waals surface area contributed by atoms with Crippen LogP contribution in [0.3, 0.4) is 0 Å². The van der Waals surface area contributed by atoms with Gasteiger partial charge in [-0.3, -0.25) is 4.90 Å². The molecule has 0 atom stereocenters. The molecule has 134 valence electrons. The summed E-state index contributed by atoms with van der Waals surface area (Å²) < 4.78 is 0. The lowest BCUT2D eigenvalue weighted by molar-refractivity contribution is 0.211. The van der Waals surface area contributed by atoms with Gasteiger partial charge in [-0.15, -0.1) is 0 Å². The van der Waals surface area contributed by atoms with E-state index in [4.69, 9.17) is 0 Å². The summed E-state index contributed by atoms with van der Waals surface area (Å²) in [6, 6.07) is 9.19. The summed E-state index contributed by atoms with van der Waals surface area (Å²) in [6.45, 7) is 7.68. The Hall–Kier alpha value is -2.14. The van der Waals surface area contributed by atoms with Crippen LogP contribution in [0.1, 0.15) is 29.5 Å². The van der Waals surface area contributed by atoms with Crippen molar-refractivity contribution in [1.29, 1.82) is 0 Å². The summed E-state index contributed by atoms with van der Waals surface area (Å²) in [6.07, 6.45) is 4.11. The van der Waals surface area contributed by atoms with Crippen molar-refractivity contribution in [3.05, 3.63) is 47.2 Å². The molecule has 2 heterocycles. The van der Waals surface area contributed by atoms with E-state index in [-0.39, 0.29) is 0 Å². The molecule has 25 heavy (non-hydrogen) atoms. The van der Waals surface area contributed by atoms with Crippen LogP contribution in [0.5, 0.6) is 0 Å². The van der Waals surface area contributed by atoms with Crippen LogP contribution < -0.4 is 10.2 Å². The van der Waals surface area contributed by atoms with Gasteiger partial charge in [0.15, 0.2) is 0 Å². The van der Waals surface area contributed by atoms with Gasteiger partial charge in [0.1, 0.15) is 5.82 Å². The van der Waals surface area contributed by atoms with Crippen LogP contribution in [-0.4, -0.2) is 48.1 Å². The Labute approximate surface area is 151 Å². The van der Waals surface area contributed by atoms with Crippen LogP contribution in [0.25, 0.3) is 0 Å². The van der Waals surface area contributed by atoms with Gasteiger partial charge in [-0.25, -0.2) is 4.98 Å². The third-order valence-electron chi connectivity index (χ3n) is 4.88. The number of hydrogen-bond donors (Lipinski definition) is 1. The highest BCUT2D eigenvalue weighted by Gasteiger charge is 2.20. The molecule has 0 aliphatic carbocycles. The first-order valence-electron chi connectivity index (χ1n) is 9.06. The third-order valence-corrected chi connectivity index (χ3v) is 4.88. The molecule has 0 bridgehead atoms. The van der Waals surface area contributed by atoms with Gasteiger partial charge in [0, 0.05) is 46.0 Å². The Kier molecular flexibility index (Phi) is 5.53. The maximum Gasteiger partial charge on any atom is 0.226 e. The fraction of sp³-hybridized carbons (Fsp3) is 0.500. The summed E-state index contributed by atoms with van der Waals surface area (Å²) in [5, 5.41) is 3.58. The van der Waals surface area contributed by atoms with Crippen molar-refractivity contribution in [2.75, 3.05) is 37.4 Å². The van der Waals surface area contributed by atoms with E-state index in [1.165, 1.54) is 16.7 Å². The summed E-state index contributed by atoms with van der Waals surface area (Å²) in [5.41, 5.74) is 4.19. The van der Waals surface area contributed by atoms with Gasteiger partial charge in [0.25, 0.3) is 0 Å². The second-order valence-electron chi connectivity index (χ2n) is 7.26. The minimum Gasteiger partial charge on any atom is -0.367 e. The highest BCUT2D eigenvalue weighted by molar-refractivity contribution is 5.41. The first-order chi connectivity index (χ1) is 12.0. The van der Waals surface area contributed by atoms with Gasteiger partial charge in [0.05, 0.1) is 0 Å². The molecule has 0 saturated carbocycles. The summed E-state index contributed by atoms with van der Waals surface area (Å²) in [5.74, 6) is 1.67. The van der Waals surface area contributed by atoms with Crippen LogP contribution in [-0.2, 0) is 6.54 Å². The molecule has 0 radical (unpaired) electrons. The number of hydrogen-bond acceptors (Lipinski definition) is 5. The van der Waals surface area contributed by atoms with Crippen LogP contribution >= 0.6 is 0 Å². The zero-order valence-electron chi connectivity index (χ0n) is 15.8.